The average Bonchev–Trinajstić information content (AvgIpc) is 3.29. The molecule has 1 aliphatic heterocycles. The Labute approximate surface area is 187 Å². The number of carbonyl (C=O) groups excluding carboxylic acids is 1. The van der Waals surface area contributed by atoms with E-state index in [9.17, 15) is 9.59 Å². The summed E-state index contributed by atoms with van der Waals surface area (Å²) in [6.07, 6.45) is -12.7. The Balaban J connectivity index is 2.21. The maximum atomic E-state index is 13.8. The van der Waals surface area contributed by atoms with Crippen LogP contribution >= 0.6 is 11.3 Å². The maximum Gasteiger partial charge on any atom is 0.293 e. The topological polar surface area (TPSA) is 87.5 Å². The average molecular weight is 401 g/mol. The summed E-state index contributed by atoms with van der Waals surface area (Å²) in [5.74, 6) is -3.20. The molecule has 0 unspecified atom stereocenters. The predicted octanol–water partition coefficient (Wildman–Crippen LogP) is 2.35. The number of hydrogen-bond acceptors (Lipinski definition) is 6. The van der Waals surface area contributed by atoms with Crippen LogP contribution in [-0.2, 0) is 0 Å². The number of thiazole rings is 1. The molecule has 1 fully saturated rings. The molecule has 8 heteroatoms. The van der Waals surface area contributed by atoms with E-state index in [2.05, 4.69) is 10.1 Å². The number of nitrogens with one attached hydrogen (secondary N) is 1. The van der Waals surface area contributed by atoms with Gasteiger partial charge in [-0.1, -0.05) is 6.37 Å². The number of fused-ring (bicyclic) bond motifs is 1. The van der Waals surface area contributed by atoms with Gasteiger partial charge in [-0.15, -0.1) is 11.3 Å². The van der Waals surface area contributed by atoms with Gasteiger partial charge in [0, 0.05) is 37.2 Å². The molecular formula is C18H26N4O3S. The number of piperidine rings is 1. The molecule has 1 saturated heterocycles. The molecule has 0 bridgehead atoms. The predicted molar refractivity (Wildman–Crippen MR) is 103 cm³/mol. The molecule has 0 radical (unpaired) electrons. The van der Waals surface area contributed by atoms with Crippen LogP contribution in [0.1, 0.15) is 83.0 Å². The second kappa shape index (κ2) is 8.18. The summed E-state index contributed by atoms with van der Waals surface area (Å²) in [7, 11) is 0. The molecule has 3 heterocycles. The monoisotopic (exact) mass is 400 g/mol. The normalized spacial score (nSPS) is 39.5. The lowest BCUT2D eigenvalue weighted by molar-refractivity contribution is 0.0946. The molecule has 1 amide bonds. The van der Waals surface area contributed by atoms with Crippen LogP contribution in [0.4, 0.5) is 0 Å². The molecule has 2 aromatic rings. The molecule has 26 heavy (non-hydrogen) atoms. The van der Waals surface area contributed by atoms with Gasteiger partial charge in [-0.2, -0.15) is 0 Å². The van der Waals surface area contributed by atoms with Crippen molar-refractivity contribution in [1.29, 1.82) is 1.43 Å². The molecule has 7 nitrogen and oxygen atoms in total. The fourth-order valence-corrected chi connectivity index (χ4v) is 2.68. The minimum atomic E-state index is -3.92. The van der Waals surface area contributed by atoms with Gasteiger partial charge in [0.2, 0.25) is 0 Å². The molecule has 2 N–H and O–H groups in total. The second-order valence-electron chi connectivity index (χ2n) is 4.73. The third-order valence-electron chi connectivity index (χ3n) is 3.14. The lowest BCUT2D eigenvalue weighted by Crippen LogP contribution is -2.36. The first kappa shape index (κ1) is 5.54. The molecule has 2 aromatic heterocycles. The quantitative estimate of drug-likeness (QED) is 0.745. The molecule has 3 rings (SSSR count). The fraction of sp³-hybridized carbons (Fsp3) is 0.611. The summed E-state index contributed by atoms with van der Waals surface area (Å²) in [5.41, 5.74) is -5.29. The van der Waals surface area contributed by atoms with Crippen LogP contribution < -0.4 is 10.9 Å². The first-order valence-electron chi connectivity index (χ1n) is 17.8. The van der Waals surface area contributed by atoms with Crippen molar-refractivity contribution in [2.75, 3.05) is 26.0 Å². The minimum absolute atomic E-state index is 0.164. The zero-order valence-electron chi connectivity index (χ0n) is 34.8. The lowest BCUT2D eigenvalue weighted by Gasteiger charge is -2.26. The van der Waals surface area contributed by atoms with E-state index in [1.165, 1.54) is 0 Å². The van der Waals surface area contributed by atoms with Crippen LogP contribution in [0, 0.1) is 0 Å². The van der Waals surface area contributed by atoms with E-state index in [1.807, 2.05) is 0 Å². The first-order valence-corrected chi connectivity index (χ1v) is 7.77. The minimum Gasteiger partial charge on any atom is -0.505 e. The summed E-state index contributed by atoms with van der Waals surface area (Å²) in [6.45, 7) is -19.9. The van der Waals surface area contributed by atoms with Crippen molar-refractivity contribution >= 4 is 27.6 Å². The van der Waals surface area contributed by atoms with E-state index in [-0.39, 0.29) is 20.8 Å². The van der Waals surface area contributed by atoms with Gasteiger partial charge >= 0.3 is 0 Å². The summed E-state index contributed by atoms with van der Waals surface area (Å²) < 4.78 is 174. The SMILES string of the molecule is [2H]Oc1c(C(=O)N([2H])C([2H])([2H])CCN2C([2H])([2H])C([2H])([2H])C([2H])([2H])C([2H])([2H])C2([2H])[2H])c(=O)n(C([2H])(C([2H])([2H])[2H])C([2H])([2H])[2H])c2nc([2H])sc12. The summed E-state index contributed by atoms with van der Waals surface area (Å²) >= 11 is 0.225. The highest BCUT2D eigenvalue weighted by Gasteiger charge is 2.24. The molecule has 0 spiro atoms. The van der Waals surface area contributed by atoms with Crippen molar-refractivity contribution in [2.45, 2.75) is 45.3 Å². The van der Waals surface area contributed by atoms with Crippen molar-refractivity contribution in [2.24, 2.45) is 0 Å². The molecule has 0 aromatic carbocycles. The van der Waals surface area contributed by atoms with Crippen molar-refractivity contribution in [3.8, 4) is 5.75 Å². The Bertz CT molecular complexity index is 1620. The van der Waals surface area contributed by atoms with Gasteiger partial charge in [-0.25, -0.2) is 4.98 Å². The second-order valence-corrected chi connectivity index (χ2v) is 5.52. The van der Waals surface area contributed by atoms with Crippen LogP contribution in [0.15, 0.2) is 10.3 Å². The zero-order chi connectivity index (χ0) is 37.8. The van der Waals surface area contributed by atoms with Gasteiger partial charge in [0.25, 0.3) is 12.9 Å². The van der Waals surface area contributed by atoms with Gasteiger partial charge in [0.1, 0.15) is 10.3 Å². The highest BCUT2D eigenvalue weighted by atomic mass is 32.1. The highest BCUT2D eigenvalue weighted by Crippen LogP contribution is 2.30. The molecule has 0 aliphatic carbocycles. The largest absolute Gasteiger partial charge is 0.505 e. The van der Waals surface area contributed by atoms with E-state index in [0.29, 0.717) is 0 Å². The number of amides is 1. The summed E-state index contributed by atoms with van der Waals surface area (Å²) in [6, 6.07) is -3.92. The first-order chi connectivity index (χ1) is 21.1. The van der Waals surface area contributed by atoms with E-state index in [0.717, 1.165) is 0 Å². The molecule has 142 valence electrons. The highest BCUT2D eigenvalue weighted by molar-refractivity contribution is 7.17. The number of pyridine rings is 1. The number of hydrogen-bond donors (Lipinski definition) is 2. The number of likely N-dealkylation sites (tertiary alicyclic amines) is 1. The van der Waals surface area contributed by atoms with Crippen LogP contribution in [0.25, 0.3) is 10.3 Å². The van der Waals surface area contributed by atoms with E-state index < -0.39 is 115 Å². The van der Waals surface area contributed by atoms with Gasteiger partial charge in [-0.3, -0.25) is 14.2 Å². The van der Waals surface area contributed by atoms with Crippen molar-refractivity contribution in [3.05, 3.63) is 21.4 Å². The smallest absolute Gasteiger partial charge is 0.293 e. The Morgan fingerprint density at radius 2 is 2.46 bits per heavy atom. The molecule has 0 saturated carbocycles. The van der Waals surface area contributed by atoms with Crippen LogP contribution in [0.5, 0.6) is 5.75 Å². The molecular weight excluding hydrogens is 352 g/mol. The van der Waals surface area contributed by atoms with Crippen LogP contribution in [0.3, 0.4) is 0 Å². The summed E-state index contributed by atoms with van der Waals surface area (Å²) in [4.78, 5) is 30.8. The van der Waals surface area contributed by atoms with Crippen LogP contribution in [0.2, 0.25) is 1.41 Å². The van der Waals surface area contributed by atoms with Crippen molar-refractivity contribution in [3.63, 3.8) is 0 Å². The third kappa shape index (κ3) is 3.76. The lowest BCUT2D eigenvalue weighted by atomic mass is 10.1. The van der Waals surface area contributed by atoms with Crippen molar-refractivity contribution < 1.29 is 38.7 Å². The van der Waals surface area contributed by atoms with E-state index >= 15 is 0 Å². The number of carbonyl (C=O) groups is 1. The number of rotatable bonds is 7. The number of aromatic nitrogens is 2. The van der Waals surface area contributed by atoms with E-state index in [1.54, 1.807) is 0 Å². The van der Waals surface area contributed by atoms with Gasteiger partial charge < -0.3 is 15.3 Å². The Hall–Kier alpha value is -1.93. The fourth-order valence-electron chi connectivity index (χ4n) is 2.03. The van der Waals surface area contributed by atoms with E-state index in [4.69, 9.17) is 30.3 Å². The molecule has 1 aliphatic rings. The van der Waals surface area contributed by atoms with Gasteiger partial charge in [-0.05, 0) is 52.4 Å². The standard InChI is InChI=1S/C18H26N4O3S/c1-12(2)22-16-15(26-11-20-16)14(23)13(18(22)25)17(24)19-7-6-10-21-8-4-3-5-9-21/h11-12,23H,3-10H2,1-2H3,(H,19,24)/i1D3,2D3,3D2,4D2,5D2,7D2,8D2,9D2,11D,12D/hD2. The van der Waals surface area contributed by atoms with Crippen LogP contribution in [-0.4, -0.2) is 52.9 Å². The Morgan fingerprint density at radius 3 is 3.19 bits per heavy atom. The van der Waals surface area contributed by atoms with Crippen molar-refractivity contribution in [1.82, 2.24) is 19.8 Å². The number of nitrogens with zero attached hydrogens (tertiary/aromatic N) is 3. The Kier molecular flexibility index (Phi) is 1.74. The Morgan fingerprint density at radius 1 is 1.65 bits per heavy atom. The number of aromatic hydroxyl groups is 1. The molecule has 0 atom stereocenters. The summed E-state index contributed by atoms with van der Waals surface area (Å²) in [5, 5.41) is 3.73. The maximum absolute atomic E-state index is 13.8. The zero-order valence-corrected chi connectivity index (χ0v) is 13.7. The van der Waals surface area contributed by atoms with Gasteiger partial charge in [0.05, 0.1) is 8.23 Å². The third-order valence-corrected chi connectivity index (χ3v) is 3.89. The van der Waals surface area contributed by atoms with Gasteiger partial charge in [0.15, 0.2) is 12.8 Å².